The van der Waals surface area contributed by atoms with E-state index in [2.05, 4.69) is 15.3 Å². The predicted molar refractivity (Wildman–Crippen MR) is 170 cm³/mol. The normalized spacial score (nSPS) is 17.1. The molecule has 3 aromatic carbocycles. The van der Waals surface area contributed by atoms with E-state index < -0.39 is 35.9 Å². The van der Waals surface area contributed by atoms with Crippen LogP contribution in [0.2, 0.25) is 0 Å². The number of Topliss-reactive ketones (excluding diaryl/α,β-unsaturated/α-hetero) is 1. The van der Waals surface area contributed by atoms with E-state index in [-0.39, 0.29) is 18.2 Å². The van der Waals surface area contributed by atoms with E-state index in [4.69, 9.17) is 11.5 Å². The SMILES string of the molecule is NC(N)=NCCC[C@H](NC(=O)[C@@H]1CCCN1C(=O)C(O)C1c2ccccc2-c2ccccc21)C(=O)c1nc2ccccc2s1. The molecule has 1 saturated heterocycles. The Morgan fingerprint density at radius 2 is 1.66 bits per heavy atom. The van der Waals surface area contributed by atoms with Crippen LogP contribution in [0.5, 0.6) is 0 Å². The van der Waals surface area contributed by atoms with Gasteiger partial charge in [0.1, 0.15) is 12.1 Å². The fourth-order valence-electron chi connectivity index (χ4n) is 6.32. The van der Waals surface area contributed by atoms with Gasteiger partial charge in [-0.1, -0.05) is 60.7 Å². The number of hydrogen-bond donors (Lipinski definition) is 4. The molecule has 1 unspecified atom stereocenters. The quantitative estimate of drug-likeness (QED) is 0.0927. The molecule has 2 aliphatic rings. The first-order valence-corrected chi connectivity index (χ1v) is 15.6. The summed E-state index contributed by atoms with van der Waals surface area (Å²) in [6, 6.07) is 21.3. The molecule has 1 fully saturated rings. The number of aliphatic hydroxyl groups is 1. The monoisotopic (exact) mass is 610 g/mol. The van der Waals surface area contributed by atoms with Crippen molar-refractivity contribution in [2.24, 2.45) is 16.5 Å². The van der Waals surface area contributed by atoms with E-state index in [1.54, 1.807) is 0 Å². The lowest BCUT2D eigenvalue weighted by Crippen LogP contribution is -2.53. The third-order valence-electron chi connectivity index (χ3n) is 8.37. The molecule has 11 heteroatoms. The Morgan fingerprint density at radius 3 is 2.34 bits per heavy atom. The molecular formula is C33H34N6O4S. The molecule has 1 aliphatic carbocycles. The van der Waals surface area contributed by atoms with Gasteiger partial charge in [0.15, 0.2) is 11.0 Å². The Labute approximate surface area is 258 Å². The maximum atomic E-state index is 13.9. The molecule has 10 nitrogen and oxygen atoms in total. The van der Waals surface area contributed by atoms with Gasteiger partial charge in [-0.25, -0.2) is 4.98 Å². The number of guanidine groups is 1. The highest BCUT2D eigenvalue weighted by molar-refractivity contribution is 7.20. The van der Waals surface area contributed by atoms with Crippen molar-refractivity contribution in [1.29, 1.82) is 0 Å². The molecule has 2 heterocycles. The highest BCUT2D eigenvalue weighted by Gasteiger charge is 2.43. The topological polar surface area (TPSA) is 164 Å². The predicted octanol–water partition coefficient (Wildman–Crippen LogP) is 3.18. The van der Waals surface area contributed by atoms with Gasteiger partial charge in [-0.05, 0) is 60.1 Å². The van der Waals surface area contributed by atoms with Gasteiger partial charge in [0.2, 0.25) is 11.7 Å². The zero-order chi connectivity index (χ0) is 30.8. The number of thiazole rings is 1. The highest BCUT2D eigenvalue weighted by atomic mass is 32.1. The molecule has 6 N–H and O–H groups in total. The van der Waals surface area contributed by atoms with Crippen LogP contribution in [0.3, 0.4) is 0 Å². The molecule has 1 aliphatic heterocycles. The zero-order valence-corrected chi connectivity index (χ0v) is 24.9. The number of aliphatic hydroxyl groups excluding tert-OH is 1. The third kappa shape index (κ3) is 5.68. The average molecular weight is 611 g/mol. The molecule has 0 bridgehead atoms. The first-order chi connectivity index (χ1) is 21.3. The summed E-state index contributed by atoms with van der Waals surface area (Å²) in [4.78, 5) is 51.2. The van der Waals surface area contributed by atoms with Crippen molar-refractivity contribution < 1.29 is 19.5 Å². The molecule has 6 rings (SSSR count). The lowest BCUT2D eigenvalue weighted by Gasteiger charge is -2.30. The maximum absolute atomic E-state index is 13.9. The number of aliphatic imine (C=N–C) groups is 1. The van der Waals surface area contributed by atoms with Crippen LogP contribution in [0.15, 0.2) is 77.8 Å². The molecular weight excluding hydrogens is 576 g/mol. The highest BCUT2D eigenvalue weighted by Crippen LogP contribution is 2.46. The second-order valence-electron chi connectivity index (χ2n) is 11.1. The van der Waals surface area contributed by atoms with Gasteiger partial charge in [-0.2, -0.15) is 0 Å². The smallest absolute Gasteiger partial charge is 0.253 e. The summed E-state index contributed by atoms with van der Waals surface area (Å²) < 4.78 is 0.873. The minimum atomic E-state index is -1.37. The van der Waals surface area contributed by atoms with Crippen molar-refractivity contribution in [1.82, 2.24) is 15.2 Å². The van der Waals surface area contributed by atoms with Crippen LogP contribution in [0, 0.1) is 0 Å². The number of amides is 2. The van der Waals surface area contributed by atoms with E-state index in [0.717, 1.165) is 27.0 Å². The molecule has 44 heavy (non-hydrogen) atoms. The van der Waals surface area contributed by atoms with Crippen molar-refractivity contribution in [3.05, 3.63) is 88.9 Å². The summed E-state index contributed by atoms with van der Waals surface area (Å²) in [5, 5.41) is 14.7. The largest absolute Gasteiger partial charge is 0.382 e. The number of nitrogens with zero attached hydrogens (tertiary/aromatic N) is 3. The maximum Gasteiger partial charge on any atom is 0.253 e. The van der Waals surface area contributed by atoms with Gasteiger partial charge in [-0.15, -0.1) is 11.3 Å². The van der Waals surface area contributed by atoms with Crippen molar-refractivity contribution in [3.63, 3.8) is 0 Å². The Morgan fingerprint density at radius 1 is 1.00 bits per heavy atom. The number of para-hydroxylation sites is 1. The van der Waals surface area contributed by atoms with Gasteiger partial charge >= 0.3 is 0 Å². The lowest BCUT2D eigenvalue weighted by molar-refractivity contribution is -0.145. The molecule has 0 saturated carbocycles. The molecule has 0 radical (unpaired) electrons. The van der Waals surface area contributed by atoms with Crippen molar-refractivity contribution in [3.8, 4) is 11.1 Å². The van der Waals surface area contributed by atoms with Crippen LogP contribution >= 0.6 is 11.3 Å². The fraction of sp³-hybridized carbons (Fsp3) is 0.303. The number of aromatic nitrogens is 1. The number of carbonyl (C=O) groups excluding carboxylic acids is 3. The summed E-state index contributed by atoms with van der Waals surface area (Å²) in [6.07, 6.45) is 0.406. The van der Waals surface area contributed by atoms with Crippen LogP contribution in [0.25, 0.3) is 21.3 Å². The van der Waals surface area contributed by atoms with Gasteiger partial charge in [0.05, 0.1) is 16.3 Å². The Kier molecular flexibility index (Phi) is 8.40. The Balaban J connectivity index is 1.21. The number of nitrogens with one attached hydrogen (secondary N) is 1. The van der Waals surface area contributed by atoms with Crippen molar-refractivity contribution >= 4 is 45.1 Å². The van der Waals surface area contributed by atoms with E-state index in [1.165, 1.54) is 16.2 Å². The summed E-state index contributed by atoms with van der Waals surface area (Å²) in [5.41, 5.74) is 15.4. The molecule has 2 amide bonds. The van der Waals surface area contributed by atoms with Crippen LogP contribution in [-0.2, 0) is 9.59 Å². The fourth-order valence-corrected chi connectivity index (χ4v) is 7.28. The number of hydrogen-bond acceptors (Lipinski definition) is 7. The molecule has 4 aromatic rings. The van der Waals surface area contributed by atoms with Crippen molar-refractivity contribution in [2.75, 3.05) is 13.1 Å². The van der Waals surface area contributed by atoms with Crippen LogP contribution in [0.4, 0.5) is 0 Å². The van der Waals surface area contributed by atoms with Gasteiger partial charge < -0.3 is 26.8 Å². The second kappa shape index (κ2) is 12.6. The number of ketones is 1. The molecule has 226 valence electrons. The van der Waals surface area contributed by atoms with E-state index in [9.17, 15) is 19.5 Å². The first-order valence-electron chi connectivity index (χ1n) is 14.8. The summed E-state index contributed by atoms with van der Waals surface area (Å²) in [6.45, 7) is 0.636. The van der Waals surface area contributed by atoms with Crippen LogP contribution in [-0.4, -0.2) is 69.8 Å². The number of benzene rings is 3. The first kappa shape index (κ1) is 29.5. The van der Waals surface area contributed by atoms with E-state index >= 15 is 0 Å². The second-order valence-corrected chi connectivity index (χ2v) is 12.2. The van der Waals surface area contributed by atoms with Gasteiger partial charge in [0.25, 0.3) is 5.91 Å². The van der Waals surface area contributed by atoms with Crippen LogP contribution < -0.4 is 16.8 Å². The van der Waals surface area contributed by atoms with E-state index in [0.29, 0.717) is 42.9 Å². The van der Waals surface area contributed by atoms with Crippen molar-refractivity contribution in [2.45, 2.75) is 49.8 Å². The summed E-state index contributed by atoms with van der Waals surface area (Å²) >= 11 is 1.27. The van der Waals surface area contributed by atoms with Gasteiger partial charge in [-0.3, -0.25) is 19.4 Å². The van der Waals surface area contributed by atoms with Crippen LogP contribution in [0.1, 0.15) is 52.5 Å². The van der Waals surface area contributed by atoms with E-state index in [1.807, 2.05) is 72.8 Å². The number of likely N-dealkylation sites (tertiary alicyclic amines) is 1. The standard InChI is InChI=1S/C33H34N6O4S/c34-33(35)36-17-7-14-24(28(40)31-38-23-13-5-6-16-26(23)44-31)37-30(42)25-15-8-18-39(25)32(43)29(41)27-21-11-3-1-9-19(21)20-10-2-4-12-22(20)27/h1-6,9-13,16,24-25,27,29,41H,7-8,14-15,17-18H2,(H,37,42)(H4,34,35,36)/t24-,25-,29?/m0/s1. The number of rotatable bonds is 10. The molecule has 1 aromatic heterocycles. The minimum Gasteiger partial charge on any atom is -0.382 e. The number of carbonyl (C=O) groups is 3. The minimum absolute atomic E-state index is 0.0470. The number of fused-ring (bicyclic) bond motifs is 4. The summed E-state index contributed by atoms with van der Waals surface area (Å²) in [5.74, 6) is -1.82. The molecule has 3 atom stereocenters. The average Bonchev–Trinajstić information content (AvgIpc) is 3.77. The Bertz CT molecular complexity index is 1670. The molecule has 0 spiro atoms. The zero-order valence-electron chi connectivity index (χ0n) is 24.1. The Hall–Kier alpha value is -4.61. The lowest BCUT2D eigenvalue weighted by atomic mass is 9.90. The third-order valence-corrected chi connectivity index (χ3v) is 9.42. The summed E-state index contributed by atoms with van der Waals surface area (Å²) in [7, 11) is 0. The van der Waals surface area contributed by atoms with Gasteiger partial charge in [0, 0.05) is 19.0 Å². The number of nitrogens with two attached hydrogens (primary N) is 2.